The highest BCUT2D eigenvalue weighted by atomic mass is 16.6. The van der Waals surface area contributed by atoms with Crippen LogP contribution < -0.4 is 10.6 Å². The molecule has 5 nitrogen and oxygen atoms in total. The van der Waals surface area contributed by atoms with Gasteiger partial charge in [0, 0.05) is 18.6 Å². The number of amides is 1. The van der Waals surface area contributed by atoms with Crippen LogP contribution in [0.3, 0.4) is 0 Å². The van der Waals surface area contributed by atoms with Gasteiger partial charge in [0.1, 0.15) is 5.60 Å². The molecule has 2 unspecified atom stereocenters. The lowest BCUT2D eigenvalue weighted by atomic mass is 9.90. The van der Waals surface area contributed by atoms with Gasteiger partial charge in [-0.2, -0.15) is 0 Å². The smallest absolute Gasteiger partial charge is 0.407 e. The number of ether oxygens (including phenoxy) is 1. The summed E-state index contributed by atoms with van der Waals surface area (Å²) < 4.78 is 5.26. The van der Waals surface area contributed by atoms with E-state index in [1.807, 2.05) is 20.8 Å². The molecule has 0 aliphatic carbocycles. The molecule has 1 amide bonds. The van der Waals surface area contributed by atoms with Crippen LogP contribution in [0.15, 0.2) is 0 Å². The van der Waals surface area contributed by atoms with Crippen molar-refractivity contribution in [2.45, 2.75) is 78.5 Å². The molecule has 1 aliphatic heterocycles. The molecule has 0 bridgehead atoms. The molecule has 5 heteroatoms. The second-order valence-electron chi connectivity index (χ2n) is 7.92. The molecule has 2 N–H and O–H groups in total. The van der Waals surface area contributed by atoms with Gasteiger partial charge < -0.3 is 20.3 Å². The Bertz CT molecular complexity index is 347. The standard InChI is InChI=1S/C18H37N3O2/c1-7-10-21-11-8-16(9-12-21)15(3)20-14(2)13-19-17(22)23-18(4,5)6/h14-16,20H,7-13H2,1-6H3,(H,19,22). The van der Waals surface area contributed by atoms with Crippen molar-refractivity contribution in [1.29, 1.82) is 0 Å². The van der Waals surface area contributed by atoms with Crippen molar-refractivity contribution in [1.82, 2.24) is 15.5 Å². The van der Waals surface area contributed by atoms with Crippen LogP contribution >= 0.6 is 0 Å². The summed E-state index contributed by atoms with van der Waals surface area (Å²) in [5.74, 6) is 0.729. The Balaban J connectivity index is 2.23. The van der Waals surface area contributed by atoms with Gasteiger partial charge in [-0.05, 0) is 79.4 Å². The SMILES string of the molecule is CCCN1CCC(C(C)NC(C)CNC(=O)OC(C)(C)C)CC1. The van der Waals surface area contributed by atoms with Crippen molar-refractivity contribution in [3.05, 3.63) is 0 Å². The van der Waals surface area contributed by atoms with E-state index in [2.05, 4.69) is 36.3 Å². The van der Waals surface area contributed by atoms with Gasteiger partial charge in [-0.15, -0.1) is 0 Å². The first kappa shape index (κ1) is 20.2. The minimum atomic E-state index is -0.444. The molecular weight excluding hydrogens is 290 g/mol. The minimum Gasteiger partial charge on any atom is -0.444 e. The van der Waals surface area contributed by atoms with E-state index in [9.17, 15) is 4.79 Å². The first-order chi connectivity index (χ1) is 10.7. The second-order valence-corrected chi connectivity index (χ2v) is 7.92. The molecule has 0 spiro atoms. The van der Waals surface area contributed by atoms with E-state index in [1.54, 1.807) is 0 Å². The van der Waals surface area contributed by atoms with Crippen molar-refractivity contribution in [3.8, 4) is 0 Å². The molecular formula is C18H37N3O2. The van der Waals surface area contributed by atoms with E-state index in [0.29, 0.717) is 12.6 Å². The van der Waals surface area contributed by atoms with Crippen molar-refractivity contribution in [3.63, 3.8) is 0 Å². The van der Waals surface area contributed by atoms with Crippen LogP contribution in [0.4, 0.5) is 4.79 Å². The highest BCUT2D eigenvalue weighted by molar-refractivity contribution is 5.67. The molecule has 1 saturated heterocycles. The summed E-state index contributed by atoms with van der Waals surface area (Å²) in [6, 6.07) is 0.723. The lowest BCUT2D eigenvalue weighted by Gasteiger charge is -2.36. The van der Waals surface area contributed by atoms with Crippen molar-refractivity contribution in [2.24, 2.45) is 5.92 Å². The van der Waals surface area contributed by atoms with Crippen LogP contribution in [0.5, 0.6) is 0 Å². The van der Waals surface area contributed by atoms with Crippen LogP contribution in [0.2, 0.25) is 0 Å². The summed E-state index contributed by atoms with van der Waals surface area (Å²) in [4.78, 5) is 14.2. The Morgan fingerprint density at radius 3 is 2.39 bits per heavy atom. The highest BCUT2D eigenvalue weighted by Crippen LogP contribution is 2.21. The molecule has 0 aromatic heterocycles. The van der Waals surface area contributed by atoms with Crippen molar-refractivity contribution < 1.29 is 9.53 Å². The van der Waals surface area contributed by atoms with E-state index in [-0.39, 0.29) is 12.1 Å². The first-order valence-corrected chi connectivity index (χ1v) is 9.16. The molecule has 23 heavy (non-hydrogen) atoms. The third kappa shape index (κ3) is 8.56. The molecule has 1 fully saturated rings. The topological polar surface area (TPSA) is 53.6 Å². The van der Waals surface area contributed by atoms with Gasteiger partial charge in [0.2, 0.25) is 0 Å². The maximum atomic E-state index is 11.7. The molecule has 1 rings (SSSR count). The summed E-state index contributed by atoms with van der Waals surface area (Å²) >= 11 is 0. The van der Waals surface area contributed by atoms with Gasteiger partial charge in [-0.25, -0.2) is 4.79 Å². The molecule has 136 valence electrons. The number of nitrogens with one attached hydrogen (secondary N) is 2. The fraction of sp³-hybridized carbons (Fsp3) is 0.944. The monoisotopic (exact) mass is 327 g/mol. The lowest BCUT2D eigenvalue weighted by molar-refractivity contribution is 0.0521. The maximum Gasteiger partial charge on any atom is 0.407 e. The Morgan fingerprint density at radius 2 is 1.87 bits per heavy atom. The average molecular weight is 328 g/mol. The molecule has 1 aliphatic rings. The predicted octanol–water partition coefficient (Wildman–Crippen LogP) is 3.00. The Kier molecular flexibility index (Phi) is 8.34. The molecule has 0 radical (unpaired) electrons. The van der Waals surface area contributed by atoms with Crippen LogP contribution in [-0.2, 0) is 4.74 Å². The number of alkyl carbamates (subject to hydrolysis) is 1. The van der Waals surface area contributed by atoms with Gasteiger partial charge >= 0.3 is 6.09 Å². The van der Waals surface area contributed by atoms with E-state index in [1.165, 1.54) is 38.9 Å². The van der Waals surface area contributed by atoms with Gasteiger partial charge in [0.05, 0.1) is 0 Å². The maximum absolute atomic E-state index is 11.7. The average Bonchev–Trinajstić information content (AvgIpc) is 2.44. The zero-order valence-corrected chi connectivity index (χ0v) is 15.9. The molecule has 0 aromatic carbocycles. The lowest BCUT2D eigenvalue weighted by Crippen LogP contribution is -2.48. The van der Waals surface area contributed by atoms with E-state index in [0.717, 1.165) is 5.92 Å². The summed E-state index contributed by atoms with van der Waals surface area (Å²) in [5.41, 5.74) is -0.444. The Morgan fingerprint density at radius 1 is 1.26 bits per heavy atom. The molecule has 1 heterocycles. The number of rotatable bonds is 7. The largest absolute Gasteiger partial charge is 0.444 e. The van der Waals surface area contributed by atoms with Crippen molar-refractivity contribution in [2.75, 3.05) is 26.2 Å². The van der Waals surface area contributed by atoms with Crippen molar-refractivity contribution >= 4 is 6.09 Å². The summed E-state index contributed by atoms with van der Waals surface area (Å²) in [6.45, 7) is 16.5. The fourth-order valence-corrected chi connectivity index (χ4v) is 3.19. The highest BCUT2D eigenvalue weighted by Gasteiger charge is 2.24. The van der Waals surface area contributed by atoms with Crippen LogP contribution in [0.1, 0.15) is 60.8 Å². The zero-order chi connectivity index (χ0) is 17.5. The third-order valence-corrected chi connectivity index (χ3v) is 4.38. The summed E-state index contributed by atoms with van der Waals surface area (Å²) in [6.07, 6.45) is 3.43. The number of hydrogen-bond acceptors (Lipinski definition) is 4. The number of hydrogen-bond donors (Lipinski definition) is 2. The van der Waals surface area contributed by atoms with Gasteiger partial charge in [-0.1, -0.05) is 6.92 Å². The normalized spacial score (nSPS) is 20.1. The van der Waals surface area contributed by atoms with E-state index in [4.69, 9.17) is 4.74 Å². The number of carbonyl (C=O) groups excluding carboxylic acids is 1. The van der Waals surface area contributed by atoms with Crippen LogP contribution in [0.25, 0.3) is 0 Å². The molecule has 2 atom stereocenters. The predicted molar refractivity (Wildman–Crippen MR) is 95.8 cm³/mol. The van der Waals surface area contributed by atoms with Crippen LogP contribution in [0, 0.1) is 5.92 Å². The van der Waals surface area contributed by atoms with E-state index < -0.39 is 5.60 Å². The second kappa shape index (κ2) is 9.48. The number of piperidine rings is 1. The van der Waals surface area contributed by atoms with Crippen LogP contribution in [-0.4, -0.2) is 54.9 Å². The number of nitrogens with zero attached hydrogens (tertiary/aromatic N) is 1. The Hall–Kier alpha value is -0.810. The van der Waals surface area contributed by atoms with E-state index >= 15 is 0 Å². The molecule has 0 aromatic rings. The first-order valence-electron chi connectivity index (χ1n) is 9.16. The number of likely N-dealkylation sites (tertiary alicyclic amines) is 1. The van der Waals surface area contributed by atoms with Gasteiger partial charge in [0.15, 0.2) is 0 Å². The Labute approximate surface area is 142 Å². The van der Waals surface area contributed by atoms with Gasteiger partial charge in [-0.3, -0.25) is 0 Å². The molecule has 0 saturated carbocycles. The number of carbonyl (C=O) groups is 1. The fourth-order valence-electron chi connectivity index (χ4n) is 3.19. The minimum absolute atomic E-state index is 0.242. The third-order valence-electron chi connectivity index (χ3n) is 4.38. The van der Waals surface area contributed by atoms with Gasteiger partial charge in [0.25, 0.3) is 0 Å². The summed E-state index contributed by atoms with van der Waals surface area (Å²) in [7, 11) is 0. The summed E-state index contributed by atoms with van der Waals surface area (Å²) in [5, 5.41) is 6.46. The quantitative estimate of drug-likeness (QED) is 0.755. The zero-order valence-electron chi connectivity index (χ0n) is 15.9.